The molecule has 6 heteroatoms. The molecule has 0 saturated carbocycles. The van der Waals surface area contributed by atoms with Crippen LogP contribution in [0.25, 0.3) is 0 Å². The summed E-state index contributed by atoms with van der Waals surface area (Å²) in [5.74, 6) is 0. The van der Waals surface area contributed by atoms with Gasteiger partial charge in [0.15, 0.2) is 0 Å². The fraction of sp³-hybridized carbons (Fsp3) is 0.455. The van der Waals surface area contributed by atoms with E-state index in [-0.39, 0.29) is 16.8 Å². The lowest BCUT2D eigenvalue weighted by Gasteiger charge is -2.25. The van der Waals surface area contributed by atoms with Crippen molar-refractivity contribution in [1.29, 1.82) is 0 Å². The molecule has 1 aliphatic heterocycles. The number of benzene rings is 1. The highest BCUT2D eigenvalue weighted by atomic mass is 35.5. The lowest BCUT2D eigenvalue weighted by molar-refractivity contribution is -0.384. The lowest BCUT2D eigenvalue weighted by atomic mass is 10.2. The molecule has 1 aromatic carbocycles. The average Bonchev–Trinajstić information content (AvgIpc) is 2.80. The third-order valence-electron chi connectivity index (χ3n) is 2.98. The van der Waals surface area contributed by atoms with Crippen molar-refractivity contribution in [3.05, 3.63) is 33.3 Å². The molecule has 0 N–H and O–H groups in total. The van der Waals surface area contributed by atoms with Crippen LogP contribution in [0.3, 0.4) is 0 Å². The minimum atomic E-state index is -0.441. The van der Waals surface area contributed by atoms with Crippen LogP contribution in [0.4, 0.5) is 11.4 Å². The summed E-state index contributed by atoms with van der Waals surface area (Å²) in [4.78, 5) is 12.5. The van der Waals surface area contributed by atoms with Crippen LogP contribution in [-0.4, -0.2) is 31.2 Å². The Balaban J connectivity index is 2.36. The van der Waals surface area contributed by atoms with E-state index in [1.54, 1.807) is 12.1 Å². The van der Waals surface area contributed by atoms with E-state index in [2.05, 4.69) is 0 Å². The van der Waals surface area contributed by atoms with Gasteiger partial charge in [0.2, 0.25) is 0 Å². The van der Waals surface area contributed by atoms with Gasteiger partial charge in [-0.3, -0.25) is 10.1 Å². The van der Waals surface area contributed by atoms with Crippen LogP contribution in [0, 0.1) is 10.1 Å². The molecule has 1 atom stereocenters. The van der Waals surface area contributed by atoms with E-state index in [1.807, 2.05) is 11.9 Å². The summed E-state index contributed by atoms with van der Waals surface area (Å²) in [5.41, 5.74) is 0.501. The molecule has 1 aromatic rings. The Morgan fingerprint density at radius 2 is 2.35 bits per heavy atom. The number of hydrogen-bond donors (Lipinski definition) is 0. The Bertz CT molecular complexity index is 433. The number of nitro benzene ring substituents is 1. The van der Waals surface area contributed by atoms with Crippen molar-refractivity contribution in [3.63, 3.8) is 0 Å². The van der Waals surface area contributed by atoms with E-state index < -0.39 is 4.92 Å². The van der Waals surface area contributed by atoms with Gasteiger partial charge in [-0.15, -0.1) is 0 Å². The first-order chi connectivity index (χ1) is 8.11. The molecular weight excluding hydrogens is 244 g/mol. The normalized spacial score (nSPS) is 19.3. The third kappa shape index (κ3) is 2.35. The lowest BCUT2D eigenvalue weighted by Crippen LogP contribution is -2.32. The highest BCUT2D eigenvalue weighted by Gasteiger charge is 2.27. The topological polar surface area (TPSA) is 55.6 Å². The van der Waals surface area contributed by atoms with E-state index in [0.29, 0.717) is 18.9 Å². The molecule has 17 heavy (non-hydrogen) atoms. The van der Waals surface area contributed by atoms with Gasteiger partial charge in [0.1, 0.15) is 10.7 Å². The van der Waals surface area contributed by atoms with Crippen LogP contribution in [-0.2, 0) is 4.74 Å². The monoisotopic (exact) mass is 256 g/mol. The second-order valence-electron chi connectivity index (χ2n) is 3.99. The first kappa shape index (κ1) is 12.1. The zero-order chi connectivity index (χ0) is 12.4. The van der Waals surface area contributed by atoms with Gasteiger partial charge in [0, 0.05) is 13.7 Å². The van der Waals surface area contributed by atoms with Gasteiger partial charge in [-0.1, -0.05) is 17.7 Å². The highest BCUT2D eigenvalue weighted by Crippen LogP contribution is 2.35. The Morgan fingerprint density at radius 3 is 2.94 bits per heavy atom. The number of hydrogen-bond acceptors (Lipinski definition) is 4. The van der Waals surface area contributed by atoms with Gasteiger partial charge in [-0.25, -0.2) is 0 Å². The average molecular weight is 257 g/mol. The summed E-state index contributed by atoms with van der Waals surface area (Å²) in [7, 11) is 1.83. The molecule has 0 amide bonds. The van der Waals surface area contributed by atoms with Crippen molar-refractivity contribution in [2.75, 3.05) is 25.2 Å². The van der Waals surface area contributed by atoms with Gasteiger partial charge >= 0.3 is 5.69 Å². The molecule has 2 rings (SSSR count). The van der Waals surface area contributed by atoms with Crippen molar-refractivity contribution in [2.24, 2.45) is 0 Å². The van der Waals surface area contributed by atoms with E-state index in [0.717, 1.165) is 6.42 Å². The minimum Gasteiger partial charge on any atom is -0.379 e. The molecule has 1 saturated heterocycles. The molecule has 1 fully saturated rings. The standard InChI is InChI=1S/C11H13ClN2O3/c1-13(8-5-6-17-7-8)10-4-2-3-9(12)11(10)14(15)16/h2-4,8H,5-7H2,1H3. The molecule has 0 spiro atoms. The number of nitro groups is 1. The molecule has 1 aliphatic rings. The van der Waals surface area contributed by atoms with E-state index in [4.69, 9.17) is 16.3 Å². The molecule has 5 nitrogen and oxygen atoms in total. The predicted molar refractivity (Wildman–Crippen MR) is 65.7 cm³/mol. The number of anilines is 1. The largest absolute Gasteiger partial charge is 0.379 e. The Kier molecular flexibility index (Phi) is 3.49. The van der Waals surface area contributed by atoms with Gasteiger partial charge in [0.05, 0.1) is 17.6 Å². The highest BCUT2D eigenvalue weighted by molar-refractivity contribution is 6.33. The first-order valence-electron chi connectivity index (χ1n) is 5.34. The van der Waals surface area contributed by atoms with Crippen molar-refractivity contribution in [1.82, 2.24) is 0 Å². The van der Waals surface area contributed by atoms with Crippen LogP contribution in [0.1, 0.15) is 6.42 Å². The van der Waals surface area contributed by atoms with E-state index in [1.165, 1.54) is 6.07 Å². The molecule has 92 valence electrons. The molecule has 0 aromatic heterocycles. The van der Waals surface area contributed by atoms with Crippen molar-refractivity contribution in [2.45, 2.75) is 12.5 Å². The number of rotatable bonds is 3. The number of nitrogens with zero attached hydrogens (tertiary/aromatic N) is 2. The molecule has 1 heterocycles. The number of ether oxygens (including phenoxy) is 1. The second kappa shape index (κ2) is 4.89. The summed E-state index contributed by atoms with van der Waals surface area (Å²) >= 11 is 5.88. The maximum Gasteiger partial charge on any atom is 0.310 e. The van der Waals surface area contributed by atoms with Crippen LogP contribution < -0.4 is 4.90 Å². The maximum absolute atomic E-state index is 11.0. The van der Waals surface area contributed by atoms with Crippen molar-refractivity contribution < 1.29 is 9.66 Å². The first-order valence-corrected chi connectivity index (χ1v) is 5.72. The van der Waals surface area contributed by atoms with E-state index in [9.17, 15) is 10.1 Å². The minimum absolute atomic E-state index is 0.0384. The van der Waals surface area contributed by atoms with Gasteiger partial charge < -0.3 is 9.64 Å². The maximum atomic E-state index is 11.0. The van der Waals surface area contributed by atoms with E-state index >= 15 is 0 Å². The van der Waals surface area contributed by atoms with Crippen molar-refractivity contribution in [3.8, 4) is 0 Å². The summed E-state index contributed by atoms with van der Waals surface area (Å²) in [5, 5.41) is 11.2. The summed E-state index contributed by atoms with van der Waals surface area (Å²) < 4.78 is 5.29. The Labute approximate surface area is 104 Å². The van der Waals surface area contributed by atoms with Crippen LogP contribution in [0.5, 0.6) is 0 Å². The summed E-state index contributed by atoms with van der Waals surface area (Å²) in [6.45, 7) is 1.30. The van der Waals surface area contributed by atoms with Gasteiger partial charge in [-0.2, -0.15) is 0 Å². The fourth-order valence-corrected chi connectivity index (χ4v) is 2.23. The summed E-state index contributed by atoms with van der Waals surface area (Å²) in [6, 6.07) is 5.13. The Hall–Kier alpha value is -1.33. The smallest absolute Gasteiger partial charge is 0.310 e. The Morgan fingerprint density at radius 1 is 1.59 bits per heavy atom. The SMILES string of the molecule is CN(c1cccc(Cl)c1[N+](=O)[O-])C1CCOC1. The second-order valence-corrected chi connectivity index (χ2v) is 4.40. The summed E-state index contributed by atoms with van der Waals surface area (Å²) in [6.07, 6.45) is 0.875. The quantitative estimate of drug-likeness (QED) is 0.616. The van der Waals surface area contributed by atoms with Crippen molar-refractivity contribution >= 4 is 23.0 Å². The van der Waals surface area contributed by atoms with Gasteiger partial charge in [-0.05, 0) is 18.6 Å². The molecule has 0 aliphatic carbocycles. The number of likely N-dealkylation sites (N-methyl/N-ethyl adjacent to an activating group) is 1. The zero-order valence-electron chi connectivity index (χ0n) is 9.43. The number of halogens is 1. The predicted octanol–water partition coefficient (Wildman–Crippen LogP) is 2.47. The third-order valence-corrected chi connectivity index (χ3v) is 3.29. The number of para-hydroxylation sites is 1. The fourth-order valence-electron chi connectivity index (χ4n) is 1.99. The van der Waals surface area contributed by atoms with Crippen LogP contribution >= 0.6 is 11.6 Å². The zero-order valence-corrected chi connectivity index (χ0v) is 10.2. The molecule has 0 bridgehead atoms. The van der Waals surface area contributed by atoms with Gasteiger partial charge in [0.25, 0.3) is 0 Å². The van der Waals surface area contributed by atoms with Crippen LogP contribution in [0.2, 0.25) is 5.02 Å². The molecule has 1 unspecified atom stereocenters. The molecular formula is C11H13ClN2O3. The van der Waals surface area contributed by atoms with Crippen LogP contribution in [0.15, 0.2) is 18.2 Å². The molecule has 0 radical (unpaired) electrons.